The molecule has 2 rings (SSSR count). The summed E-state index contributed by atoms with van der Waals surface area (Å²) in [6.45, 7) is 1.38. The van der Waals surface area contributed by atoms with E-state index in [4.69, 9.17) is 17.3 Å². The number of likely N-dealkylation sites (tertiary alicyclic amines) is 1. The lowest BCUT2D eigenvalue weighted by molar-refractivity contribution is 0.193. The van der Waals surface area contributed by atoms with Gasteiger partial charge in [0.15, 0.2) is 0 Å². The Kier molecular flexibility index (Phi) is 3.68. The molecule has 2 amide bonds. The third-order valence-electron chi connectivity index (χ3n) is 2.87. The summed E-state index contributed by atoms with van der Waals surface area (Å²) in [7, 11) is 0. The van der Waals surface area contributed by atoms with Gasteiger partial charge >= 0.3 is 6.03 Å². The zero-order valence-electron chi connectivity index (χ0n) is 9.40. The van der Waals surface area contributed by atoms with Crippen LogP contribution in [0.5, 0.6) is 0 Å². The SMILES string of the molecule is NC(=O)N1CCC(Nc2cccc(Cl)n2)CC1. The van der Waals surface area contributed by atoms with Crippen molar-refractivity contribution in [1.82, 2.24) is 9.88 Å². The van der Waals surface area contributed by atoms with E-state index < -0.39 is 0 Å². The first kappa shape index (κ1) is 12.0. The molecule has 1 fully saturated rings. The van der Waals surface area contributed by atoms with Gasteiger partial charge in [-0.15, -0.1) is 0 Å². The van der Waals surface area contributed by atoms with Crippen molar-refractivity contribution >= 4 is 23.4 Å². The van der Waals surface area contributed by atoms with Crippen molar-refractivity contribution < 1.29 is 4.79 Å². The number of nitrogens with zero attached hydrogens (tertiary/aromatic N) is 2. The second-order valence-electron chi connectivity index (χ2n) is 4.09. The molecule has 1 aromatic heterocycles. The molecular weight excluding hydrogens is 240 g/mol. The standard InChI is InChI=1S/C11H15ClN4O/c12-9-2-1-3-10(15-9)14-8-4-6-16(7-5-8)11(13)17/h1-3,8H,4-7H2,(H2,13,17)(H,14,15). The summed E-state index contributed by atoms with van der Waals surface area (Å²) in [6, 6.07) is 5.45. The molecule has 6 heteroatoms. The van der Waals surface area contributed by atoms with Gasteiger partial charge in [-0.3, -0.25) is 0 Å². The maximum atomic E-state index is 11.0. The van der Waals surface area contributed by atoms with Gasteiger partial charge in [-0.1, -0.05) is 17.7 Å². The van der Waals surface area contributed by atoms with E-state index in [0.717, 1.165) is 18.7 Å². The normalized spacial score (nSPS) is 16.9. The molecule has 5 nitrogen and oxygen atoms in total. The van der Waals surface area contributed by atoms with Gasteiger partial charge in [-0.05, 0) is 25.0 Å². The highest BCUT2D eigenvalue weighted by atomic mass is 35.5. The molecule has 2 heterocycles. The van der Waals surface area contributed by atoms with Crippen LogP contribution in [-0.2, 0) is 0 Å². The second-order valence-corrected chi connectivity index (χ2v) is 4.48. The van der Waals surface area contributed by atoms with Crippen molar-refractivity contribution in [3.8, 4) is 0 Å². The number of carbonyl (C=O) groups is 1. The molecule has 3 N–H and O–H groups in total. The van der Waals surface area contributed by atoms with E-state index in [0.29, 0.717) is 24.3 Å². The van der Waals surface area contributed by atoms with Gasteiger partial charge in [-0.25, -0.2) is 9.78 Å². The highest BCUT2D eigenvalue weighted by Crippen LogP contribution is 2.16. The lowest BCUT2D eigenvalue weighted by Crippen LogP contribution is -2.44. The highest BCUT2D eigenvalue weighted by Gasteiger charge is 2.21. The first-order chi connectivity index (χ1) is 8.15. The van der Waals surface area contributed by atoms with Crippen molar-refractivity contribution in [3.05, 3.63) is 23.4 Å². The first-order valence-electron chi connectivity index (χ1n) is 5.58. The van der Waals surface area contributed by atoms with Crippen molar-refractivity contribution in [1.29, 1.82) is 0 Å². The quantitative estimate of drug-likeness (QED) is 0.789. The van der Waals surface area contributed by atoms with Gasteiger partial charge in [0.1, 0.15) is 11.0 Å². The highest BCUT2D eigenvalue weighted by molar-refractivity contribution is 6.29. The minimum Gasteiger partial charge on any atom is -0.367 e. The zero-order chi connectivity index (χ0) is 12.3. The lowest BCUT2D eigenvalue weighted by Gasteiger charge is -2.31. The van der Waals surface area contributed by atoms with E-state index in [1.165, 1.54) is 0 Å². The summed E-state index contributed by atoms with van der Waals surface area (Å²) in [5, 5.41) is 3.78. The van der Waals surface area contributed by atoms with Crippen molar-refractivity contribution in [2.45, 2.75) is 18.9 Å². The summed E-state index contributed by atoms with van der Waals surface area (Å²) in [5.41, 5.74) is 5.22. The van der Waals surface area contributed by atoms with Gasteiger partial charge in [0, 0.05) is 19.1 Å². The molecule has 0 radical (unpaired) electrons. The minimum atomic E-state index is -0.343. The summed E-state index contributed by atoms with van der Waals surface area (Å²) in [4.78, 5) is 16.8. The van der Waals surface area contributed by atoms with E-state index in [9.17, 15) is 4.79 Å². The minimum absolute atomic E-state index is 0.316. The van der Waals surface area contributed by atoms with Crippen LogP contribution >= 0.6 is 11.6 Å². The number of amides is 2. The van der Waals surface area contributed by atoms with Gasteiger partial charge in [-0.2, -0.15) is 0 Å². The van der Waals surface area contributed by atoms with E-state index in [-0.39, 0.29) is 6.03 Å². The van der Waals surface area contributed by atoms with Gasteiger partial charge in [0.25, 0.3) is 0 Å². The summed E-state index contributed by atoms with van der Waals surface area (Å²) in [5.74, 6) is 0.773. The third kappa shape index (κ3) is 3.23. The van der Waals surface area contributed by atoms with Crippen molar-refractivity contribution in [2.24, 2.45) is 5.73 Å². The Labute approximate surface area is 105 Å². The maximum Gasteiger partial charge on any atom is 0.314 e. The monoisotopic (exact) mass is 254 g/mol. The van der Waals surface area contributed by atoms with Crippen LogP contribution in [0.1, 0.15) is 12.8 Å². The van der Waals surface area contributed by atoms with E-state index in [1.807, 2.05) is 12.1 Å². The average Bonchev–Trinajstić information content (AvgIpc) is 2.29. The Morgan fingerprint density at radius 2 is 2.18 bits per heavy atom. The summed E-state index contributed by atoms with van der Waals surface area (Å²) < 4.78 is 0. The Morgan fingerprint density at radius 3 is 2.76 bits per heavy atom. The Hall–Kier alpha value is -1.49. The zero-order valence-corrected chi connectivity index (χ0v) is 10.2. The van der Waals surface area contributed by atoms with Crippen LogP contribution in [0.4, 0.5) is 10.6 Å². The maximum absolute atomic E-state index is 11.0. The molecule has 0 saturated carbocycles. The van der Waals surface area contributed by atoms with Gasteiger partial charge < -0.3 is 16.0 Å². The van der Waals surface area contributed by atoms with Crippen LogP contribution in [0.25, 0.3) is 0 Å². The van der Waals surface area contributed by atoms with Crippen LogP contribution in [0, 0.1) is 0 Å². The van der Waals surface area contributed by atoms with E-state index in [2.05, 4.69) is 10.3 Å². The van der Waals surface area contributed by atoms with E-state index >= 15 is 0 Å². The average molecular weight is 255 g/mol. The summed E-state index contributed by atoms with van der Waals surface area (Å²) in [6.07, 6.45) is 1.74. The largest absolute Gasteiger partial charge is 0.367 e. The molecule has 0 unspecified atom stereocenters. The molecule has 92 valence electrons. The van der Waals surface area contributed by atoms with Crippen LogP contribution in [0.2, 0.25) is 5.15 Å². The number of rotatable bonds is 2. The number of halogens is 1. The lowest BCUT2D eigenvalue weighted by atomic mass is 10.1. The van der Waals surface area contributed by atoms with Crippen LogP contribution in [0.3, 0.4) is 0 Å². The fourth-order valence-electron chi connectivity index (χ4n) is 1.94. The van der Waals surface area contributed by atoms with Gasteiger partial charge in [0.05, 0.1) is 0 Å². The number of nitrogens with two attached hydrogens (primary N) is 1. The molecule has 17 heavy (non-hydrogen) atoms. The molecular formula is C11H15ClN4O. The second kappa shape index (κ2) is 5.23. The number of primary amides is 1. The molecule has 1 aromatic rings. The molecule has 0 aromatic carbocycles. The fraction of sp³-hybridized carbons (Fsp3) is 0.455. The number of urea groups is 1. The predicted octanol–water partition coefficient (Wildman–Crippen LogP) is 1.69. The van der Waals surface area contributed by atoms with Crippen molar-refractivity contribution in [2.75, 3.05) is 18.4 Å². The van der Waals surface area contributed by atoms with E-state index in [1.54, 1.807) is 11.0 Å². The molecule has 0 atom stereocenters. The number of pyridine rings is 1. The smallest absolute Gasteiger partial charge is 0.314 e. The molecule has 1 aliphatic rings. The number of aromatic nitrogens is 1. The fourth-order valence-corrected chi connectivity index (χ4v) is 2.11. The Bertz CT molecular complexity index is 404. The number of carbonyl (C=O) groups excluding carboxylic acids is 1. The van der Waals surface area contributed by atoms with Crippen LogP contribution in [0.15, 0.2) is 18.2 Å². The molecule has 1 aliphatic heterocycles. The molecule has 0 aliphatic carbocycles. The van der Waals surface area contributed by atoms with Crippen LogP contribution in [-0.4, -0.2) is 35.0 Å². The topological polar surface area (TPSA) is 71.2 Å². The Balaban J connectivity index is 1.88. The van der Waals surface area contributed by atoms with Crippen molar-refractivity contribution in [3.63, 3.8) is 0 Å². The predicted molar refractivity (Wildman–Crippen MR) is 67.0 cm³/mol. The first-order valence-corrected chi connectivity index (χ1v) is 5.96. The molecule has 0 spiro atoms. The van der Waals surface area contributed by atoms with Gasteiger partial charge in [0.2, 0.25) is 0 Å². The Morgan fingerprint density at radius 1 is 1.47 bits per heavy atom. The van der Waals surface area contributed by atoms with Crippen LogP contribution < -0.4 is 11.1 Å². The number of hydrogen-bond donors (Lipinski definition) is 2. The number of hydrogen-bond acceptors (Lipinski definition) is 3. The number of nitrogens with one attached hydrogen (secondary N) is 1. The number of anilines is 1. The molecule has 1 saturated heterocycles. The third-order valence-corrected chi connectivity index (χ3v) is 3.08. The molecule has 0 bridgehead atoms. The summed E-state index contributed by atoms with van der Waals surface area (Å²) >= 11 is 5.81. The number of piperidine rings is 1.